The molecule has 0 atom stereocenters. The molecular formula is C8H9ClN4O2. The highest BCUT2D eigenvalue weighted by Crippen LogP contribution is 2.32. The first-order chi connectivity index (χ1) is 7.20. The van der Waals surface area contributed by atoms with E-state index in [1.807, 2.05) is 4.90 Å². The molecule has 0 spiro atoms. The number of nitro groups is 1. The maximum atomic E-state index is 10.8. The van der Waals surface area contributed by atoms with Crippen LogP contribution in [0.1, 0.15) is 12.8 Å². The van der Waals surface area contributed by atoms with Crippen LogP contribution in [0.15, 0.2) is 6.33 Å². The van der Waals surface area contributed by atoms with Gasteiger partial charge in [0, 0.05) is 13.1 Å². The predicted molar refractivity (Wildman–Crippen MR) is 55.1 cm³/mol. The van der Waals surface area contributed by atoms with Crippen LogP contribution >= 0.6 is 11.6 Å². The second-order valence-electron chi connectivity index (χ2n) is 3.29. The van der Waals surface area contributed by atoms with Crippen LogP contribution in [-0.2, 0) is 0 Å². The van der Waals surface area contributed by atoms with Gasteiger partial charge in [-0.3, -0.25) is 10.1 Å². The molecule has 0 bridgehead atoms. The monoisotopic (exact) mass is 228 g/mol. The summed E-state index contributed by atoms with van der Waals surface area (Å²) in [6.07, 6.45) is 3.31. The fourth-order valence-corrected chi connectivity index (χ4v) is 1.86. The van der Waals surface area contributed by atoms with Crippen molar-refractivity contribution in [2.75, 3.05) is 18.0 Å². The Balaban J connectivity index is 2.45. The molecule has 0 radical (unpaired) electrons. The van der Waals surface area contributed by atoms with E-state index in [4.69, 9.17) is 11.6 Å². The minimum absolute atomic E-state index is 0.100. The number of nitrogens with zero attached hydrogens (tertiary/aromatic N) is 4. The Morgan fingerprint density at radius 2 is 2.07 bits per heavy atom. The van der Waals surface area contributed by atoms with E-state index in [0.29, 0.717) is 5.82 Å². The molecule has 0 unspecified atom stereocenters. The smallest absolute Gasteiger partial charge is 0.348 e. The average Bonchev–Trinajstić information content (AvgIpc) is 2.69. The largest absolute Gasteiger partial charge is 0.351 e. The van der Waals surface area contributed by atoms with E-state index in [1.54, 1.807) is 0 Å². The molecule has 1 aromatic heterocycles. The third-order valence-electron chi connectivity index (χ3n) is 2.35. The molecule has 0 saturated carbocycles. The summed E-state index contributed by atoms with van der Waals surface area (Å²) in [6.45, 7) is 1.57. The number of hydrogen-bond donors (Lipinski definition) is 0. The fraction of sp³-hybridized carbons (Fsp3) is 0.500. The maximum absolute atomic E-state index is 10.8. The zero-order chi connectivity index (χ0) is 10.8. The summed E-state index contributed by atoms with van der Waals surface area (Å²) in [5.41, 5.74) is -0.193. The third-order valence-corrected chi connectivity index (χ3v) is 2.62. The molecule has 2 heterocycles. The van der Waals surface area contributed by atoms with Gasteiger partial charge in [0.25, 0.3) is 0 Å². The molecule has 7 heteroatoms. The van der Waals surface area contributed by atoms with Gasteiger partial charge >= 0.3 is 5.69 Å². The second-order valence-corrected chi connectivity index (χ2v) is 3.65. The van der Waals surface area contributed by atoms with Crippen molar-refractivity contribution >= 4 is 23.1 Å². The SMILES string of the molecule is O=[N+]([O-])c1c(Cl)ncnc1N1CCCC1. The van der Waals surface area contributed by atoms with Gasteiger partial charge in [0.2, 0.25) is 11.0 Å². The predicted octanol–water partition coefficient (Wildman–Crippen LogP) is 1.64. The highest BCUT2D eigenvalue weighted by Gasteiger charge is 2.27. The highest BCUT2D eigenvalue weighted by molar-refractivity contribution is 6.31. The van der Waals surface area contributed by atoms with Crippen molar-refractivity contribution in [3.63, 3.8) is 0 Å². The van der Waals surface area contributed by atoms with E-state index in [0.717, 1.165) is 25.9 Å². The summed E-state index contributed by atoms with van der Waals surface area (Å²) < 4.78 is 0. The van der Waals surface area contributed by atoms with Gasteiger partial charge in [-0.1, -0.05) is 11.6 Å². The minimum atomic E-state index is -0.532. The number of hydrogen-bond acceptors (Lipinski definition) is 5. The molecule has 1 aliphatic rings. The van der Waals surface area contributed by atoms with E-state index in [9.17, 15) is 10.1 Å². The van der Waals surface area contributed by atoms with Crippen molar-refractivity contribution in [1.82, 2.24) is 9.97 Å². The van der Waals surface area contributed by atoms with Crippen LogP contribution < -0.4 is 4.90 Å². The fourth-order valence-electron chi connectivity index (χ4n) is 1.67. The lowest BCUT2D eigenvalue weighted by molar-refractivity contribution is -0.384. The molecule has 0 amide bonds. The van der Waals surface area contributed by atoms with Gasteiger partial charge in [-0.2, -0.15) is 0 Å². The summed E-state index contributed by atoms with van der Waals surface area (Å²) in [4.78, 5) is 19.7. The molecule has 6 nitrogen and oxygen atoms in total. The standard InChI is InChI=1S/C8H9ClN4O2/c9-7-6(13(14)15)8(11-5-10-7)12-3-1-2-4-12/h5H,1-4H2. The second kappa shape index (κ2) is 3.98. The Morgan fingerprint density at radius 1 is 1.40 bits per heavy atom. The summed E-state index contributed by atoms with van der Waals surface area (Å²) in [6, 6.07) is 0. The van der Waals surface area contributed by atoms with Gasteiger partial charge in [-0.05, 0) is 12.8 Å². The molecule has 0 aromatic carbocycles. The number of anilines is 1. The van der Waals surface area contributed by atoms with Gasteiger partial charge < -0.3 is 4.90 Å². The highest BCUT2D eigenvalue weighted by atomic mass is 35.5. The van der Waals surface area contributed by atoms with Crippen molar-refractivity contribution in [1.29, 1.82) is 0 Å². The van der Waals surface area contributed by atoms with Gasteiger partial charge in [0.1, 0.15) is 6.33 Å². The Hall–Kier alpha value is -1.43. The van der Waals surface area contributed by atoms with Gasteiger partial charge in [0.15, 0.2) is 0 Å². The normalized spacial score (nSPS) is 15.7. The first-order valence-electron chi connectivity index (χ1n) is 4.60. The zero-order valence-electron chi connectivity index (χ0n) is 7.89. The van der Waals surface area contributed by atoms with E-state index >= 15 is 0 Å². The van der Waals surface area contributed by atoms with Crippen molar-refractivity contribution in [3.05, 3.63) is 21.6 Å². The lowest BCUT2D eigenvalue weighted by atomic mass is 10.4. The zero-order valence-corrected chi connectivity index (χ0v) is 8.65. The molecule has 0 aliphatic carbocycles. The molecule has 1 fully saturated rings. The summed E-state index contributed by atoms with van der Waals surface area (Å²) >= 11 is 5.68. The van der Waals surface area contributed by atoms with Crippen LogP contribution in [-0.4, -0.2) is 28.0 Å². The molecule has 1 saturated heterocycles. The van der Waals surface area contributed by atoms with Crippen LogP contribution in [0, 0.1) is 10.1 Å². The van der Waals surface area contributed by atoms with Crippen LogP contribution in [0.2, 0.25) is 5.15 Å². The Labute approximate surface area is 91.0 Å². The lowest BCUT2D eigenvalue weighted by Gasteiger charge is -2.15. The van der Waals surface area contributed by atoms with Crippen LogP contribution in [0.25, 0.3) is 0 Å². The molecule has 80 valence electrons. The van der Waals surface area contributed by atoms with Crippen LogP contribution in [0.5, 0.6) is 0 Å². The molecule has 0 N–H and O–H groups in total. The third kappa shape index (κ3) is 1.85. The van der Waals surface area contributed by atoms with Crippen molar-refractivity contribution in [2.45, 2.75) is 12.8 Å². The summed E-state index contributed by atoms with van der Waals surface area (Å²) in [7, 11) is 0. The first kappa shape index (κ1) is 10.1. The maximum Gasteiger partial charge on any atom is 0.348 e. The summed E-state index contributed by atoms with van der Waals surface area (Å²) in [5, 5.41) is 10.7. The van der Waals surface area contributed by atoms with E-state index in [-0.39, 0.29) is 10.8 Å². The Bertz CT molecular complexity index is 392. The number of halogens is 1. The van der Waals surface area contributed by atoms with Crippen molar-refractivity contribution < 1.29 is 4.92 Å². The molecule has 1 aliphatic heterocycles. The minimum Gasteiger partial charge on any atom is -0.351 e. The topological polar surface area (TPSA) is 72.2 Å². The number of rotatable bonds is 2. The van der Waals surface area contributed by atoms with E-state index in [2.05, 4.69) is 9.97 Å². The molecular weight excluding hydrogens is 220 g/mol. The first-order valence-corrected chi connectivity index (χ1v) is 4.98. The quantitative estimate of drug-likeness (QED) is 0.437. The molecule has 2 rings (SSSR count). The van der Waals surface area contributed by atoms with Crippen molar-refractivity contribution in [3.8, 4) is 0 Å². The lowest BCUT2D eigenvalue weighted by Crippen LogP contribution is -2.20. The van der Waals surface area contributed by atoms with Crippen LogP contribution in [0.3, 0.4) is 0 Å². The van der Waals surface area contributed by atoms with Gasteiger partial charge in [-0.25, -0.2) is 9.97 Å². The van der Waals surface area contributed by atoms with Crippen LogP contribution in [0.4, 0.5) is 11.5 Å². The van der Waals surface area contributed by atoms with Gasteiger partial charge in [0.05, 0.1) is 4.92 Å². The molecule has 1 aromatic rings. The van der Waals surface area contributed by atoms with E-state index < -0.39 is 4.92 Å². The van der Waals surface area contributed by atoms with E-state index in [1.165, 1.54) is 6.33 Å². The molecule has 15 heavy (non-hydrogen) atoms. The Morgan fingerprint density at radius 3 is 2.67 bits per heavy atom. The number of aromatic nitrogens is 2. The average molecular weight is 229 g/mol. The summed E-state index contributed by atoms with van der Waals surface area (Å²) in [5.74, 6) is 0.331. The Kier molecular flexibility index (Phi) is 2.68. The van der Waals surface area contributed by atoms with Gasteiger partial charge in [-0.15, -0.1) is 0 Å². The van der Waals surface area contributed by atoms with Crippen molar-refractivity contribution in [2.24, 2.45) is 0 Å².